The van der Waals surface area contributed by atoms with Crippen molar-refractivity contribution in [3.63, 3.8) is 0 Å². The van der Waals surface area contributed by atoms with Crippen molar-refractivity contribution >= 4 is 17.2 Å². The summed E-state index contributed by atoms with van der Waals surface area (Å²) in [4.78, 5) is 15.8. The number of methoxy groups -OCH3 is 1. The molecule has 0 radical (unpaired) electrons. The summed E-state index contributed by atoms with van der Waals surface area (Å²) in [6, 6.07) is 15.1. The van der Waals surface area contributed by atoms with Gasteiger partial charge in [0, 0.05) is 23.5 Å². The molecule has 5 nitrogen and oxygen atoms in total. The van der Waals surface area contributed by atoms with Gasteiger partial charge in [0.1, 0.15) is 12.4 Å². The zero-order chi connectivity index (χ0) is 20.6. The van der Waals surface area contributed by atoms with E-state index in [4.69, 9.17) is 15.2 Å². The zero-order valence-electron chi connectivity index (χ0n) is 16.1. The van der Waals surface area contributed by atoms with Crippen LogP contribution >= 0.6 is 11.3 Å². The Kier molecular flexibility index (Phi) is 7.21. The van der Waals surface area contributed by atoms with Crippen LogP contribution in [0.25, 0.3) is 0 Å². The number of benzene rings is 2. The first-order chi connectivity index (χ1) is 14.1. The number of halogens is 1. The molecule has 0 unspecified atom stereocenters. The van der Waals surface area contributed by atoms with Gasteiger partial charge in [0.25, 0.3) is 5.91 Å². The summed E-state index contributed by atoms with van der Waals surface area (Å²) < 4.78 is 24.2. The zero-order valence-corrected chi connectivity index (χ0v) is 17.0. The lowest BCUT2D eigenvalue weighted by molar-refractivity contribution is 0.0749. The first-order valence-electron chi connectivity index (χ1n) is 9.17. The summed E-state index contributed by atoms with van der Waals surface area (Å²) in [5.74, 6) is 0.560. The smallest absolute Gasteiger partial charge is 0.254 e. The Morgan fingerprint density at radius 2 is 1.93 bits per heavy atom. The summed E-state index contributed by atoms with van der Waals surface area (Å²) in [7, 11) is 1.53. The third-order valence-electron chi connectivity index (χ3n) is 4.33. The van der Waals surface area contributed by atoms with Gasteiger partial charge in [-0.05, 0) is 47.3 Å². The molecule has 0 saturated carbocycles. The second-order valence-electron chi connectivity index (χ2n) is 6.38. The van der Waals surface area contributed by atoms with Gasteiger partial charge in [0.05, 0.1) is 13.7 Å². The molecule has 0 spiro atoms. The van der Waals surface area contributed by atoms with E-state index in [1.165, 1.54) is 19.2 Å². The standard InChI is InChI=1S/C22H23FN2O3S/c1-27-21-13-17(22(26)25(11-10-24)14-19-3-2-12-29-19)6-9-20(21)28-15-16-4-7-18(23)8-5-16/h2-9,12-13H,10-11,14-15,24H2,1H3. The van der Waals surface area contributed by atoms with Crippen molar-refractivity contribution in [2.45, 2.75) is 13.2 Å². The van der Waals surface area contributed by atoms with E-state index in [0.717, 1.165) is 10.4 Å². The van der Waals surface area contributed by atoms with Crippen molar-refractivity contribution in [3.8, 4) is 11.5 Å². The molecule has 0 fully saturated rings. The molecule has 7 heteroatoms. The molecule has 3 aromatic rings. The van der Waals surface area contributed by atoms with Gasteiger partial charge in [-0.15, -0.1) is 11.3 Å². The van der Waals surface area contributed by atoms with E-state index in [2.05, 4.69) is 0 Å². The van der Waals surface area contributed by atoms with Crippen molar-refractivity contribution in [3.05, 3.63) is 81.8 Å². The fraction of sp³-hybridized carbons (Fsp3) is 0.227. The summed E-state index contributed by atoms with van der Waals surface area (Å²) in [6.07, 6.45) is 0. The minimum Gasteiger partial charge on any atom is -0.493 e. The van der Waals surface area contributed by atoms with Gasteiger partial charge in [0.2, 0.25) is 0 Å². The molecular formula is C22H23FN2O3S. The molecule has 2 N–H and O–H groups in total. The molecule has 152 valence electrons. The number of hydrogen-bond acceptors (Lipinski definition) is 5. The number of nitrogens with zero attached hydrogens (tertiary/aromatic N) is 1. The van der Waals surface area contributed by atoms with Crippen molar-refractivity contribution in [1.29, 1.82) is 0 Å². The van der Waals surface area contributed by atoms with Gasteiger partial charge < -0.3 is 20.1 Å². The molecule has 1 amide bonds. The molecule has 2 aromatic carbocycles. The third-order valence-corrected chi connectivity index (χ3v) is 5.19. The number of thiophene rings is 1. The lowest BCUT2D eigenvalue weighted by Gasteiger charge is -2.22. The quantitative estimate of drug-likeness (QED) is 0.573. The Balaban J connectivity index is 1.73. The fourth-order valence-corrected chi connectivity index (χ4v) is 3.56. The predicted octanol–water partition coefficient (Wildman–Crippen LogP) is 4.08. The fourth-order valence-electron chi connectivity index (χ4n) is 2.84. The van der Waals surface area contributed by atoms with Gasteiger partial charge >= 0.3 is 0 Å². The number of nitrogens with two attached hydrogens (primary N) is 1. The summed E-state index contributed by atoms with van der Waals surface area (Å²) in [5, 5.41) is 1.98. The highest BCUT2D eigenvalue weighted by Crippen LogP contribution is 2.29. The van der Waals surface area contributed by atoms with Gasteiger partial charge in [-0.1, -0.05) is 18.2 Å². The second-order valence-corrected chi connectivity index (χ2v) is 7.41. The lowest BCUT2D eigenvalue weighted by Crippen LogP contribution is -2.34. The maximum Gasteiger partial charge on any atom is 0.254 e. The van der Waals surface area contributed by atoms with Gasteiger partial charge in [-0.3, -0.25) is 4.79 Å². The van der Waals surface area contributed by atoms with E-state index in [1.54, 1.807) is 46.6 Å². The van der Waals surface area contributed by atoms with Crippen LogP contribution in [0.15, 0.2) is 60.0 Å². The number of rotatable bonds is 9. The molecule has 1 heterocycles. The Hall–Kier alpha value is -2.90. The minimum atomic E-state index is -0.293. The van der Waals surface area contributed by atoms with E-state index in [1.807, 2.05) is 17.5 Å². The van der Waals surface area contributed by atoms with Crippen LogP contribution in [-0.2, 0) is 13.2 Å². The molecule has 0 aliphatic heterocycles. The summed E-state index contributed by atoms with van der Waals surface area (Å²) >= 11 is 1.60. The van der Waals surface area contributed by atoms with Crippen LogP contribution in [0.3, 0.4) is 0 Å². The van der Waals surface area contributed by atoms with Gasteiger partial charge in [0.15, 0.2) is 11.5 Å². The molecule has 0 aliphatic rings. The minimum absolute atomic E-state index is 0.118. The largest absolute Gasteiger partial charge is 0.493 e. The Morgan fingerprint density at radius 3 is 2.59 bits per heavy atom. The van der Waals surface area contributed by atoms with E-state index in [9.17, 15) is 9.18 Å². The lowest BCUT2D eigenvalue weighted by atomic mass is 10.1. The van der Waals surface area contributed by atoms with Crippen molar-refractivity contribution < 1.29 is 18.7 Å². The summed E-state index contributed by atoms with van der Waals surface area (Å²) in [5.41, 5.74) is 7.03. The molecule has 29 heavy (non-hydrogen) atoms. The third kappa shape index (κ3) is 5.56. The van der Waals surface area contributed by atoms with Crippen molar-refractivity contribution in [2.75, 3.05) is 20.2 Å². The molecule has 3 rings (SSSR count). The number of ether oxygens (including phenoxy) is 2. The monoisotopic (exact) mass is 414 g/mol. The first-order valence-corrected chi connectivity index (χ1v) is 10.1. The van der Waals surface area contributed by atoms with Crippen molar-refractivity contribution in [2.24, 2.45) is 5.73 Å². The normalized spacial score (nSPS) is 10.6. The van der Waals surface area contributed by atoms with Crippen molar-refractivity contribution in [1.82, 2.24) is 4.90 Å². The maximum absolute atomic E-state index is 13.0. The number of amides is 1. The van der Waals surface area contributed by atoms with E-state index in [0.29, 0.717) is 36.7 Å². The molecule has 0 bridgehead atoms. The second kappa shape index (κ2) is 10.0. The molecule has 0 saturated heterocycles. The average Bonchev–Trinajstić information content (AvgIpc) is 3.25. The van der Waals surface area contributed by atoms with Crippen LogP contribution in [0.2, 0.25) is 0 Å². The molecular weight excluding hydrogens is 391 g/mol. The van der Waals surface area contributed by atoms with Crippen LogP contribution in [0, 0.1) is 5.82 Å². The predicted molar refractivity (Wildman–Crippen MR) is 112 cm³/mol. The molecule has 1 aromatic heterocycles. The van der Waals surface area contributed by atoms with E-state index < -0.39 is 0 Å². The highest BCUT2D eigenvalue weighted by atomic mass is 32.1. The highest BCUT2D eigenvalue weighted by Gasteiger charge is 2.18. The van der Waals surface area contributed by atoms with Crippen LogP contribution in [-0.4, -0.2) is 31.0 Å². The van der Waals surface area contributed by atoms with Crippen LogP contribution < -0.4 is 15.2 Å². The Labute approximate surface area is 173 Å². The maximum atomic E-state index is 13.0. The van der Waals surface area contributed by atoms with Crippen LogP contribution in [0.5, 0.6) is 11.5 Å². The van der Waals surface area contributed by atoms with E-state index >= 15 is 0 Å². The molecule has 0 aliphatic carbocycles. The first kappa shape index (κ1) is 20.8. The highest BCUT2D eigenvalue weighted by molar-refractivity contribution is 7.09. The number of carbonyl (C=O) groups is 1. The van der Waals surface area contributed by atoms with Crippen LogP contribution in [0.1, 0.15) is 20.8 Å². The van der Waals surface area contributed by atoms with Gasteiger partial charge in [-0.2, -0.15) is 0 Å². The Morgan fingerprint density at radius 1 is 1.14 bits per heavy atom. The van der Waals surface area contributed by atoms with Crippen LogP contribution in [0.4, 0.5) is 4.39 Å². The molecule has 0 atom stereocenters. The summed E-state index contributed by atoms with van der Waals surface area (Å²) in [6.45, 7) is 1.62. The number of hydrogen-bond donors (Lipinski definition) is 1. The number of carbonyl (C=O) groups excluding carboxylic acids is 1. The average molecular weight is 415 g/mol. The van der Waals surface area contributed by atoms with Gasteiger partial charge in [-0.25, -0.2) is 4.39 Å². The van der Waals surface area contributed by atoms with E-state index in [-0.39, 0.29) is 18.3 Å². The Bertz CT molecular complexity index is 930. The SMILES string of the molecule is COc1cc(C(=O)N(CCN)Cc2cccs2)ccc1OCc1ccc(F)cc1. The topological polar surface area (TPSA) is 64.8 Å².